The summed E-state index contributed by atoms with van der Waals surface area (Å²) in [6.45, 7) is 4.05. The molecule has 5 nitrogen and oxygen atoms in total. The maximum atomic E-state index is 11.8. The molecule has 0 fully saturated rings. The lowest BCUT2D eigenvalue weighted by atomic mass is 10.3. The summed E-state index contributed by atoms with van der Waals surface area (Å²) in [5.74, 6) is 0.584. The summed E-state index contributed by atoms with van der Waals surface area (Å²) in [7, 11) is 0. The van der Waals surface area contributed by atoms with Crippen molar-refractivity contribution in [3.05, 3.63) is 33.3 Å². The van der Waals surface area contributed by atoms with Gasteiger partial charge in [0.2, 0.25) is 0 Å². The average molecular weight is 251 g/mol. The number of carbonyl (C=O) groups excluding carboxylic acids is 1. The molecule has 2 heterocycles. The van der Waals surface area contributed by atoms with Crippen molar-refractivity contribution in [2.75, 3.05) is 5.73 Å². The van der Waals surface area contributed by atoms with Gasteiger partial charge in [0, 0.05) is 16.6 Å². The summed E-state index contributed by atoms with van der Waals surface area (Å²) >= 11 is 1.38. The molecule has 90 valence electrons. The number of rotatable bonds is 3. The van der Waals surface area contributed by atoms with Gasteiger partial charge < -0.3 is 15.6 Å². The van der Waals surface area contributed by atoms with Crippen LogP contribution in [0.5, 0.6) is 0 Å². The zero-order valence-electron chi connectivity index (χ0n) is 9.61. The fraction of sp³-hybridized carbons (Fsp3) is 0.273. The number of amides is 1. The lowest BCUT2D eigenvalue weighted by Crippen LogP contribution is -2.21. The number of hydrogen-bond donors (Lipinski definition) is 2. The number of aromatic nitrogens is 1. The first-order valence-electron chi connectivity index (χ1n) is 5.12. The van der Waals surface area contributed by atoms with Crippen LogP contribution in [0.25, 0.3) is 0 Å². The van der Waals surface area contributed by atoms with Crippen LogP contribution in [-0.2, 0) is 6.54 Å². The Labute approximate surface area is 103 Å². The minimum atomic E-state index is -0.143. The first-order valence-corrected chi connectivity index (χ1v) is 5.94. The second-order valence-corrected chi connectivity index (χ2v) is 4.99. The van der Waals surface area contributed by atoms with E-state index in [9.17, 15) is 4.79 Å². The van der Waals surface area contributed by atoms with Crippen molar-refractivity contribution >= 4 is 22.9 Å². The van der Waals surface area contributed by atoms with E-state index in [4.69, 9.17) is 10.3 Å². The van der Waals surface area contributed by atoms with Crippen LogP contribution in [0.2, 0.25) is 0 Å². The molecule has 2 aromatic heterocycles. The Hall–Kier alpha value is -1.82. The lowest BCUT2D eigenvalue weighted by Gasteiger charge is -1.99. The first-order chi connectivity index (χ1) is 8.06. The SMILES string of the molecule is Cc1cc(CNC(=O)c2cc(N)c(C)s2)no1. The van der Waals surface area contributed by atoms with Crippen molar-refractivity contribution in [3.8, 4) is 0 Å². The molecule has 0 aliphatic heterocycles. The molecule has 0 radical (unpaired) electrons. The Bertz CT molecular complexity index is 525. The summed E-state index contributed by atoms with van der Waals surface area (Å²) in [6, 6.07) is 3.47. The number of hydrogen-bond acceptors (Lipinski definition) is 5. The summed E-state index contributed by atoms with van der Waals surface area (Å²) in [5.41, 5.74) is 7.05. The van der Waals surface area contributed by atoms with Crippen LogP contribution in [0.15, 0.2) is 16.7 Å². The van der Waals surface area contributed by atoms with Gasteiger partial charge in [-0.15, -0.1) is 11.3 Å². The number of nitrogens with one attached hydrogen (secondary N) is 1. The third kappa shape index (κ3) is 2.65. The van der Waals surface area contributed by atoms with Crippen LogP contribution in [0, 0.1) is 13.8 Å². The van der Waals surface area contributed by atoms with Crippen LogP contribution in [0.4, 0.5) is 5.69 Å². The molecule has 17 heavy (non-hydrogen) atoms. The van der Waals surface area contributed by atoms with Crippen molar-refractivity contribution in [2.45, 2.75) is 20.4 Å². The van der Waals surface area contributed by atoms with Crippen molar-refractivity contribution < 1.29 is 9.32 Å². The van der Waals surface area contributed by atoms with Gasteiger partial charge in [0.05, 0.1) is 11.4 Å². The van der Waals surface area contributed by atoms with Crippen LogP contribution >= 0.6 is 11.3 Å². The second kappa shape index (κ2) is 4.58. The van der Waals surface area contributed by atoms with Gasteiger partial charge >= 0.3 is 0 Å². The van der Waals surface area contributed by atoms with Crippen LogP contribution < -0.4 is 11.1 Å². The topological polar surface area (TPSA) is 81.2 Å². The number of nitrogen functional groups attached to an aromatic ring is 1. The standard InChI is InChI=1S/C11H13N3O2S/c1-6-3-8(14-16-6)5-13-11(15)10-4-9(12)7(2)17-10/h3-4H,5,12H2,1-2H3,(H,13,15). The van der Waals surface area contributed by atoms with Crippen molar-refractivity contribution in [2.24, 2.45) is 0 Å². The van der Waals surface area contributed by atoms with E-state index in [1.165, 1.54) is 11.3 Å². The maximum Gasteiger partial charge on any atom is 0.261 e. The van der Waals surface area contributed by atoms with Gasteiger partial charge in [-0.2, -0.15) is 0 Å². The number of thiophene rings is 1. The Kier molecular flexibility index (Phi) is 3.14. The van der Waals surface area contributed by atoms with E-state index in [0.717, 1.165) is 10.6 Å². The van der Waals surface area contributed by atoms with E-state index >= 15 is 0 Å². The fourth-order valence-corrected chi connectivity index (χ4v) is 2.22. The third-order valence-corrected chi connectivity index (χ3v) is 3.35. The van der Waals surface area contributed by atoms with Crippen molar-refractivity contribution in [1.82, 2.24) is 10.5 Å². The normalized spacial score (nSPS) is 10.5. The molecule has 0 saturated heterocycles. The molecule has 0 unspecified atom stereocenters. The predicted octanol–water partition coefficient (Wildman–Crippen LogP) is 1.87. The van der Waals surface area contributed by atoms with E-state index in [2.05, 4.69) is 10.5 Å². The molecule has 0 saturated carbocycles. The van der Waals surface area contributed by atoms with E-state index in [1.54, 1.807) is 12.1 Å². The molecule has 0 aliphatic rings. The molecule has 1 amide bonds. The van der Waals surface area contributed by atoms with Gasteiger partial charge in [-0.1, -0.05) is 5.16 Å². The minimum Gasteiger partial charge on any atom is -0.398 e. The number of aryl methyl sites for hydroxylation is 2. The first kappa shape index (κ1) is 11.7. The highest BCUT2D eigenvalue weighted by Crippen LogP contribution is 2.23. The minimum absolute atomic E-state index is 0.143. The fourth-order valence-electron chi connectivity index (χ4n) is 1.37. The van der Waals surface area contributed by atoms with E-state index in [-0.39, 0.29) is 5.91 Å². The van der Waals surface area contributed by atoms with Crippen LogP contribution in [-0.4, -0.2) is 11.1 Å². The summed E-state index contributed by atoms with van der Waals surface area (Å²) in [6.07, 6.45) is 0. The predicted molar refractivity (Wildman–Crippen MR) is 65.9 cm³/mol. The molecular weight excluding hydrogens is 238 g/mol. The molecule has 2 aromatic rings. The van der Waals surface area contributed by atoms with E-state index in [0.29, 0.717) is 22.8 Å². The highest BCUT2D eigenvalue weighted by molar-refractivity contribution is 7.14. The highest BCUT2D eigenvalue weighted by atomic mass is 32.1. The monoisotopic (exact) mass is 251 g/mol. The lowest BCUT2D eigenvalue weighted by molar-refractivity contribution is 0.0954. The average Bonchev–Trinajstić information content (AvgIpc) is 2.83. The Morgan fingerprint density at radius 2 is 2.29 bits per heavy atom. The van der Waals surface area contributed by atoms with Crippen molar-refractivity contribution in [3.63, 3.8) is 0 Å². The van der Waals surface area contributed by atoms with Gasteiger partial charge in [0.1, 0.15) is 11.5 Å². The van der Waals surface area contributed by atoms with Gasteiger partial charge in [0.15, 0.2) is 0 Å². The maximum absolute atomic E-state index is 11.8. The third-order valence-electron chi connectivity index (χ3n) is 2.29. The zero-order chi connectivity index (χ0) is 12.4. The smallest absolute Gasteiger partial charge is 0.261 e. The van der Waals surface area contributed by atoms with Gasteiger partial charge in [0.25, 0.3) is 5.91 Å². The Morgan fingerprint density at radius 1 is 1.53 bits per heavy atom. The largest absolute Gasteiger partial charge is 0.398 e. The van der Waals surface area contributed by atoms with Crippen LogP contribution in [0.3, 0.4) is 0 Å². The molecule has 3 N–H and O–H groups in total. The quantitative estimate of drug-likeness (QED) is 0.872. The number of anilines is 1. The molecule has 0 aliphatic carbocycles. The molecule has 0 aromatic carbocycles. The summed E-state index contributed by atoms with van der Waals surface area (Å²) in [4.78, 5) is 13.3. The summed E-state index contributed by atoms with van der Waals surface area (Å²) in [5, 5.41) is 6.56. The highest BCUT2D eigenvalue weighted by Gasteiger charge is 2.11. The zero-order valence-corrected chi connectivity index (χ0v) is 10.4. The summed E-state index contributed by atoms with van der Waals surface area (Å²) < 4.78 is 4.91. The molecular formula is C11H13N3O2S. The van der Waals surface area contributed by atoms with Gasteiger partial charge in [-0.25, -0.2) is 0 Å². The number of carbonyl (C=O) groups is 1. The second-order valence-electron chi connectivity index (χ2n) is 3.73. The molecule has 2 rings (SSSR count). The molecule has 6 heteroatoms. The Balaban J connectivity index is 1.98. The molecule has 0 atom stereocenters. The van der Waals surface area contributed by atoms with Gasteiger partial charge in [-0.3, -0.25) is 4.79 Å². The van der Waals surface area contributed by atoms with E-state index < -0.39 is 0 Å². The molecule has 0 spiro atoms. The number of nitrogens with zero attached hydrogens (tertiary/aromatic N) is 1. The molecule has 0 bridgehead atoms. The number of nitrogens with two attached hydrogens (primary N) is 1. The Morgan fingerprint density at radius 3 is 2.82 bits per heavy atom. The van der Waals surface area contributed by atoms with E-state index in [1.807, 2.05) is 13.8 Å². The van der Waals surface area contributed by atoms with Crippen molar-refractivity contribution in [1.29, 1.82) is 0 Å². The van der Waals surface area contributed by atoms with Crippen LogP contribution in [0.1, 0.15) is 26.0 Å². The van der Waals surface area contributed by atoms with Gasteiger partial charge in [-0.05, 0) is 19.9 Å².